The summed E-state index contributed by atoms with van der Waals surface area (Å²) < 4.78 is 37.2. The first-order valence-electron chi connectivity index (χ1n) is 11.2. The first-order valence-corrected chi connectivity index (χ1v) is 13.3. The summed E-state index contributed by atoms with van der Waals surface area (Å²) in [4.78, 5) is 8.12. The van der Waals surface area contributed by atoms with Crippen LogP contribution in [0.15, 0.2) is 48.7 Å². The summed E-state index contributed by atoms with van der Waals surface area (Å²) in [6.07, 6.45) is 1.47. The third-order valence-electron chi connectivity index (χ3n) is 5.55. The molecule has 0 spiro atoms. The third-order valence-corrected chi connectivity index (χ3v) is 7.09. The summed E-state index contributed by atoms with van der Waals surface area (Å²) in [5, 5.41) is 9.96. The number of sulfonamides is 1. The lowest BCUT2D eigenvalue weighted by Gasteiger charge is -2.27. The van der Waals surface area contributed by atoms with Crippen LogP contribution < -0.4 is 19.9 Å². The van der Waals surface area contributed by atoms with Gasteiger partial charge in [0.25, 0.3) is 0 Å². The zero-order chi connectivity index (χ0) is 26.3. The van der Waals surface area contributed by atoms with Crippen LogP contribution in [0.25, 0.3) is 0 Å². The molecule has 0 aliphatic rings. The number of nitrogens with zero attached hydrogens (tertiary/aromatic N) is 3. The van der Waals surface area contributed by atoms with Crippen molar-refractivity contribution in [2.45, 2.75) is 32.8 Å². The molecule has 3 rings (SSSR count). The van der Waals surface area contributed by atoms with E-state index in [9.17, 15) is 13.7 Å². The molecule has 36 heavy (non-hydrogen) atoms. The Morgan fingerprint density at radius 3 is 2.50 bits per heavy atom. The maximum atomic E-state index is 11.7. The van der Waals surface area contributed by atoms with Crippen LogP contribution in [-0.4, -0.2) is 37.3 Å². The van der Waals surface area contributed by atoms with Gasteiger partial charge in [0.15, 0.2) is 5.75 Å². The summed E-state index contributed by atoms with van der Waals surface area (Å²) in [6, 6.07) is 14.9. The highest BCUT2D eigenvalue weighted by Crippen LogP contribution is 2.38. The second-order valence-corrected chi connectivity index (χ2v) is 10.8. The number of nitrogens with two attached hydrogens (primary N) is 1. The second kappa shape index (κ2) is 11.6. The molecule has 0 unspecified atom stereocenters. The van der Waals surface area contributed by atoms with E-state index < -0.39 is 15.4 Å². The van der Waals surface area contributed by atoms with Crippen molar-refractivity contribution >= 4 is 27.6 Å². The lowest BCUT2D eigenvalue weighted by Crippen LogP contribution is -2.19. The van der Waals surface area contributed by atoms with E-state index in [4.69, 9.17) is 26.8 Å². The minimum absolute atomic E-state index is 0.00453. The monoisotopic (exact) mass is 529 g/mol. The first kappa shape index (κ1) is 27.2. The molecule has 1 heterocycles. The highest BCUT2D eigenvalue weighted by Gasteiger charge is 2.26. The number of hydrogen-bond acceptors (Lipinski definition) is 8. The van der Waals surface area contributed by atoms with Crippen molar-refractivity contribution in [1.82, 2.24) is 9.97 Å². The molecule has 0 radical (unpaired) electrons. The van der Waals surface area contributed by atoms with Crippen LogP contribution in [0.1, 0.15) is 43.2 Å². The smallest absolute Gasteiger partial charge is 0.236 e. The Morgan fingerprint density at radius 2 is 1.86 bits per heavy atom. The number of anilines is 1. The zero-order valence-corrected chi connectivity index (χ0v) is 21.9. The van der Waals surface area contributed by atoms with Gasteiger partial charge in [0.1, 0.15) is 25.0 Å². The number of nitrogens with one attached hydrogen (secondary N) is 1. The fourth-order valence-corrected chi connectivity index (χ4v) is 4.17. The molecule has 0 aliphatic carbocycles. The molecule has 0 aliphatic heterocycles. The van der Waals surface area contributed by atoms with Gasteiger partial charge < -0.3 is 15.2 Å². The molecule has 3 N–H and O–H groups in total. The van der Waals surface area contributed by atoms with E-state index in [0.717, 1.165) is 11.1 Å². The fraction of sp³-hybridized carbons (Fsp3) is 0.320. The topological polar surface area (TPSA) is 140 Å². The molecule has 11 heteroatoms. The summed E-state index contributed by atoms with van der Waals surface area (Å²) >= 11 is 6.44. The molecule has 1 aromatic heterocycles. The Balaban J connectivity index is 1.74. The van der Waals surface area contributed by atoms with E-state index in [0.29, 0.717) is 34.3 Å². The number of benzene rings is 2. The van der Waals surface area contributed by atoms with Gasteiger partial charge in [-0.05, 0) is 48.4 Å². The van der Waals surface area contributed by atoms with Crippen LogP contribution in [0.2, 0.25) is 5.02 Å². The van der Waals surface area contributed by atoms with E-state index in [1.165, 1.54) is 13.1 Å². The third kappa shape index (κ3) is 6.63. The number of ether oxygens (including phenoxy) is 2. The summed E-state index contributed by atoms with van der Waals surface area (Å²) in [5.41, 5.74) is 7.77. The molecule has 3 aromatic rings. The maximum Gasteiger partial charge on any atom is 0.236 e. The molecule has 0 saturated heterocycles. The van der Waals surface area contributed by atoms with Crippen molar-refractivity contribution < 1.29 is 17.9 Å². The van der Waals surface area contributed by atoms with Crippen LogP contribution >= 0.6 is 11.6 Å². The molecule has 190 valence electrons. The molecule has 0 atom stereocenters. The predicted octanol–water partition coefficient (Wildman–Crippen LogP) is 4.01. The highest BCUT2D eigenvalue weighted by atomic mass is 35.5. The van der Waals surface area contributed by atoms with Gasteiger partial charge in [-0.3, -0.25) is 4.72 Å². The lowest BCUT2D eigenvalue weighted by molar-refractivity contribution is 0.301. The molecule has 2 aromatic carbocycles. The average molecular weight is 530 g/mol. The first-order chi connectivity index (χ1) is 17.1. The van der Waals surface area contributed by atoms with Gasteiger partial charge in [-0.2, -0.15) is 5.26 Å². The lowest BCUT2D eigenvalue weighted by atomic mass is 9.77. The van der Waals surface area contributed by atoms with Gasteiger partial charge >= 0.3 is 0 Å². The largest absolute Gasteiger partial charge is 0.489 e. The summed E-state index contributed by atoms with van der Waals surface area (Å²) in [6.45, 7) is 6.33. The van der Waals surface area contributed by atoms with Gasteiger partial charge in [-0.1, -0.05) is 37.6 Å². The van der Waals surface area contributed by atoms with Crippen molar-refractivity contribution in [2.75, 3.05) is 23.6 Å². The Kier molecular flexibility index (Phi) is 8.74. The number of nitriles is 1. The maximum absolute atomic E-state index is 11.7. The van der Waals surface area contributed by atoms with E-state index in [1.54, 1.807) is 18.2 Å². The van der Waals surface area contributed by atoms with E-state index >= 15 is 0 Å². The van der Waals surface area contributed by atoms with Crippen molar-refractivity contribution in [3.8, 4) is 17.6 Å². The van der Waals surface area contributed by atoms with Crippen LogP contribution in [0, 0.1) is 11.3 Å². The number of aromatic nitrogens is 2. The summed E-state index contributed by atoms with van der Waals surface area (Å²) in [7, 11) is -3.47. The van der Waals surface area contributed by atoms with E-state index in [-0.39, 0.29) is 24.9 Å². The number of rotatable bonds is 11. The summed E-state index contributed by atoms with van der Waals surface area (Å²) in [5.74, 6) is 0.883. The van der Waals surface area contributed by atoms with Crippen molar-refractivity contribution in [3.63, 3.8) is 0 Å². The van der Waals surface area contributed by atoms with Crippen molar-refractivity contribution in [1.29, 1.82) is 5.26 Å². The Hall–Kier alpha value is -3.39. The Labute approximate surface area is 216 Å². The van der Waals surface area contributed by atoms with Gasteiger partial charge in [0.2, 0.25) is 16.0 Å². The van der Waals surface area contributed by atoms with Gasteiger partial charge in [-0.25, -0.2) is 18.4 Å². The van der Waals surface area contributed by atoms with Crippen molar-refractivity contribution in [3.05, 3.63) is 76.1 Å². The number of hydrogen-bond donors (Lipinski definition) is 2. The minimum Gasteiger partial charge on any atom is -0.489 e. The predicted molar refractivity (Wildman–Crippen MR) is 139 cm³/mol. The Bertz CT molecular complexity index is 1360. The molecule has 0 amide bonds. The van der Waals surface area contributed by atoms with Gasteiger partial charge in [0, 0.05) is 18.2 Å². The molecule has 0 fully saturated rings. The van der Waals surface area contributed by atoms with E-state index in [1.807, 2.05) is 38.1 Å². The molecule has 0 saturated carbocycles. The second-order valence-electron chi connectivity index (χ2n) is 8.40. The van der Waals surface area contributed by atoms with Gasteiger partial charge in [-0.15, -0.1) is 0 Å². The minimum atomic E-state index is -3.47. The molecular weight excluding hydrogens is 502 g/mol. The zero-order valence-electron chi connectivity index (χ0n) is 20.3. The SMILES string of the molecule is CCS(=O)(=O)Nc1nccc(COc2ccc(C(C)(C)c3cc(Cl)c(OCCN)c(C#N)c3)cc2)n1. The van der Waals surface area contributed by atoms with Gasteiger partial charge in [0.05, 0.1) is 22.0 Å². The van der Waals surface area contributed by atoms with Crippen molar-refractivity contribution in [2.24, 2.45) is 5.73 Å². The standard InChI is InChI=1S/C25H28ClN5O4S/c1-4-36(32,33)31-24-29-11-9-20(30-24)16-35-21-7-5-18(6-8-21)25(2,3)19-13-17(15-28)23(22(26)14-19)34-12-10-27/h5-9,11,13-14H,4,10,12,16,27H2,1-3H3,(H,29,30,31). The van der Waals surface area contributed by atoms with Crippen LogP contribution in [0.3, 0.4) is 0 Å². The quantitative estimate of drug-likeness (QED) is 0.379. The molecule has 9 nitrogen and oxygen atoms in total. The highest BCUT2D eigenvalue weighted by molar-refractivity contribution is 7.92. The van der Waals surface area contributed by atoms with Crippen LogP contribution in [0.5, 0.6) is 11.5 Å². The van der Waals surface area contributed by atoms with E-state index in [2.05, 4.69) is 20.8 Å². The van der Waals surface area contributed by atoms with Crippen LogP contribution in [0.4, 0.5) is 5.95 Å². The fourth-order valence-electron chi connectivity index (χ4n) is 3.37. The van der Waals surface area contributed by atoms with Crippen LogP contribution in [-0.2, 0) is 22.0 Å². The molecule has 0 bridgehead atoms. The normalized spacial score (nSPS) is 11.6. The number of halogens is 1. The average Bonchev–Trinajstić information content (AvgIpc) is 2.86. The molecular formula is C25H28ClN5O4S. The Morgan fingerprint density at radius 1 is 1.14 bits per heavy atom.